The van der Waals surface area contributed by atoms with Gasteiger partial charge < -0.3 is 15.0 Å². The van der Waals surface area contributed by atoms with Crippen molar-refractivity contribution < 1.29 is 4.74 Å². The van der Waals surface area contributed by atoms with Crippen LogP contribution in [-0.4, -0.2) is 38.2 Å². The van der Waals surface area contributed by atoms with Gasteiger partial charge in [-0.2, -0.15) is 0 Å². The number of fused-ring (bicyclic) bond motifs is 1. The van der Waals surface area contributed by atoms with Gasteiger partial charge >= 0.3 is 0 Å². The fourth-order valence-electron chi connectivity index (χ4n) is 2.86. The lowest BCUT2D eigenvalue weighted by Crippen LogP contribution is -2.32. The maximum atomic E-state index is 6.04. The second-order valence-electron chi connectivity index (χ2n) is 5.52. The minimum Gasteiger partial charge on any atom is -0.491 e. The van der Waals surface area contributed by atoms with Crippen LogP contribution in [0.4, 0.5) is 5.69 Å². The fourth-order valence-corrected chi connectivity index (χ4v) is 2.86. The van der Waals surface area contributed by atoms with Crippen LogP contribution in [0.3, 0.4) is 0 Å². The molecule has 1 saturated heterocycles. The van der Waals surface area contributed by atoms with E-state index in [4.69, 9.17) is 4.74 Å². The zero-order valence-electron chi connectivity index (χ0n) is 11.1. The van der Waals surface area contributed by atoms with Crippen molar-refractivity contribution in [2.24, 2.45) is 5.92 Å². The first-order valence-corrected chi connectivity index (χ1v) is 7.00. The second kappa shape index (κ2) is 5.19. The molecule has 98 valence electrons. The van der Waals surface area contributed by atoms with Gasteiger partial charge in [-0.05, 0) is 56.9 Å². The van der Waals surface area contributed by atoms with E-state index in [0.29, 0.717) is 0 Å². The van der Waals surface area contributed by atoms with Crippen molar-refractivity contribution in [1.29, 1.82) is 0 Å². The molecule has 0 aliphatic carbocycles. The topological polar surface area (TPSA) is 24.5 Å². The van der Waals surface area contributed by atoms with Gasteiger partial charge in [-0.3, -0.25) is 0 Å². The summed E-state index contributed by atoms with van der Waals surface area (Å²) in [6, 6.07) is 6.39. The number of likely N-dealkylation sites (tertiary alicyclic amines) is 1. The number of piperidine rings is 1. The number of hydrogen-bond donors (Lipinski definition) is 1. The van der Waals surface area contributed by atoms with Crippen molar-refractivity contribution in [3.63, 3.8) is 0 Å². The molecule has 1 N–H and O–H groups in total. The predicted molar refractivity (Wildman–Crippen MR) is 74.4 cm³/mol. The van der Waals surface area contributed by atoms with E-state index >= 15 is 0 Å². The van der Waals surface area contributed by atoms with Crippen LogP contribution in [0.15, 0.2) is 18.2 Å². The number of hydrogen-bond acceptors (Lipinski definition) is 3. The Hall–Kier alpha value is -1.22. The van der Waals surface area contributed by atoms with Crippen LogP contribution in [0, 0.1) is 5.92 Å². The molecule has 1 aromatic rings. The highest BCUT2D eigenvalue weighted by atomic mass is 16.5. The van der Waals surface area contributed by atoms with Gasteiger partial charge in [-0.1, -0.05) is 12.1 Å². The molecular formula is C15H22N2O. The zero-order chi connectivity index (χ0) is 12.4. The number of nitrogens with zero attached hydrogens (tertiary/aromatic N) is 1. The summed E-state index contributed by atoms with van der Waals surface area (Å²) in [6.07, 6.45) is 3.65. The van der Waals surface area contributed by atoms with E-state index in [1.165, 1.54) is 37.2 Å². The molecule has 0 bridgehead atoms. The molecule has 3 rings (SSSR count). The van der Waals surface area contributed by atoms with Crippen molar-refractivity contribution in [2.45, 2.75) is 19.3 Å². The van der Waals surface area contributed by atoms with Crippen LogP contribution in [0.2, 0.25) is 0 Å². The largest absolute Gasteiger partial charge is 0.491 e. The SMILES string of the molecule is CN1CCC(COc2cccc3c2NCC3)CC1. The quantitative estimate of drug-likeness (QED) is 0.886. The maximum absolute atomic E-state index is 6.04. The first-order chi connectivity index (χ1) is 8.83. The van der Waals surface area contributed by atoms with Crippen molar-refractivity contribution in [2.75, 3.05) is 38.6 Å². The van der Waals surface area contributed by atoms with Gasteiger partial charge in [0.2, 0.25) is 0 Å². The molecule has 2 heterocycles. The van der Waals surface area contributed by atoms with Crippen LogP contribution < -0.4 is 10.1 Å². The van der Waals surface area contributed by atoms with Crippen LogP contribution in [0.25, 0.3) is 0 Å². The minimum absolute atomic E-state index is 0.721. The Labute approximate surface area is 109 Å². The normalized spacial score (nSPS) is 20.5. The van der Waals surface area contributed by atoms with E-state index in [1.54, 1.807) is 0 Å². The lowest BCUT2D eigenvalue weighted by Gasteiger charge is -2.28. The van der Waals surface area contributed by atoms with Crippen molar-refractivity contribution in [3.05, 3.63) is 23.8 Å². The highest BCUT2D eigenvalue weighted by Gasteiger charge is 2.19. The van der Waals surface area contributed by atoms with Crippen molar-refractivity contribution in [1.82, 2.24) is 4.90 Å². The summed E-state index contributed by atoms with van der Waals surface area (Å²) in [6.45, 7) is 4.33. The Kier molecular flexibility index (Phi) is 3.41. The van der Waals surface area contributed by atoms with Gasteiger partial charge in [-0.25, -0.2) is 0 Å². The third-order valence-corrected chi connectivity index (χ3v) is 4.12. The summed E-state index contributed by atoms with van der Waals surface area (Å²) in [5, 5.41) is 3.43. The van der Waals surface area contributed by atoms with Gasteiger partial charge in [-0.15, -0.1) is 0 Å². The highest BCUT2D eigenvalue weighted by molar-refractivity contribution is 5.65. The molecule has 0 unspecified atom stereocenters. The molecule has 1 aromatic carbocycles. The number of rotatable bonds is 3. The van der Waals surface area contributed by atoms with Gasteiger partial charge in [0.05, 0.1) is 12.3 Å². The third-order valence-electron chi connectivity index (χ3n) is 4.12. The highest BCUT2D eigenvalue weighted by Crippen LogP contribution is 2.33. The first-order valence-electron chi connectivity index (χ1n) is 7.00. The monoisotopic (exact) mass is 246 g/mol. The Bertz CT molecular complexity index is 411. The number of nitrogens with one attached hydrogen (secondary N) is 1. The first kappa shape index (κ1) is 11.8. The Balaban J connectivity index is 1.59. The summed E-state index contributed by atoms with van der Waals surface area (Å²) in [5.41, 5.74) is 2.63. The molecule has 0 atom stereocenters. The molecule has 0 aromatic heterocycles. The number of anilines is 1. The summed E-state index contributed by atoms with van der Waals surface area (Å²) in [4.78, 5) is 2.40. The molecule has 0 radical (unpaired) electrons. The van der Waals surface area contributed by atoms with Crippen LogP contribution in [0.5, 0.6) is 5.75 Å². The summed E-state index contributed by atoms with van der Waals surface area (Å²) >= 11 is 0. The van der Waals surface area contributed by atoms with Crippen LogP contribution in [-0.2, 0) is 6.42 Å². The molecule has 18 heavy (non-hydrogen) atoms. The van der Waals surface area contributed by atoms with E-state index in [2.05, 4.69) is 35.5 Å². The molecule has 1 fully saturated rings. The lowest BCUT2D eigenvalue weighted by molar-refractivity contribution is 0.160. The van der Waals surface area contributed by atoms with E-state index in [-0.39, 0.29) is 0 Å². The molecular weight excluding hydrogens is 224 g/mol. The number of benzene rings is 1. The average molecular weight is 246 g/mol. The summed E-state index contributed by atoms with van der Waals surface area (Å²) in [7, 11) is 2.20. The molecule has 0 saturated carbocycles. The summed E-state index contributed by atoms with van der Waals surface area (Å²) in [5.74, 6) is 1.77. The van der Waals surface area contributed by atoms with Crippen molar-refractivity contribution >= 4 is 5.69 Å². The molecule has 3 heteroatoms. The molecule has 0 spiro atoms. The number of para-hydroxylation sites is 1. The molecule has 3 nitrogen and oxygen atoms in total. The fraction of sp³-hybridized carbons (Fsp3) is 0.600. The van der Waals surface area contributed by atoms with E-state index in [1.807, 2.05) is 0 Å². The van der Waals surface area contributed by atoms with E-state index in [0.717, 1.165) is 31.2 Å². The Morgan fingerprint density at radius 3 is 3.00 bits per heavy atom. The molecule has 2 aliphatic heterocycles. The van der Waals surface area contributed by atoms with Crippen LogP contribution in [0.1, 0.15) is 18.4 Å². The predicted octanol–water partition coefficient (Wildman–Crippen LogP) is 2.38. The molecule has 0 amide bonds. The van der Waals surface area contributed by atoms with Crippen molar-refractivity contribution in [3.8, 4) is 5.75 Å². The Morgan fingerprint density at radius 1 is 1.33 bits per heavy atom. The van der Waals surface area contributed by atoms with Gasteiger partial charge in [0.25, 0.3) is 0 Å². The third kappa shape index (κ3) is 2.46. The Morgan fingerprint density at radius 2 is 2.17 bits per heavy atom. The number of ether oxygens (including phenoxy) is 1. The van der Waals surface area contributed by atoms with Crippen LogP contribution >= 0.6 is 0 Å². The summed E-state index contributed by atoms with van der Waals surface area (Å²) < 4.78 is 6.04. The van der Waals surface area contributed by atoms with E-state index < -0.39 is 0 Å². The molecule has 2 aliphatic rings. The minimum atomic E-state index is 0.721. The lowest BCUT2D eigenvalue weighted by atomic mass is 9.98. The van der Waals surface area contributed by atoms with E-state index in [9.17, 15) is 0 Å². The maximum Gasteiger partial charge on any atom is 0.142 e. The smallest absolute Gasteiger partial charge is 0.142 e. The standard InChI is InChI=1S/C15H22N2O/c1-17-9-6-12(7-10-17)11-18-14-4-2-3-13-5-8-16-15(13)14/h2-4,12,16H,5-11H2,1H3. The second-order valence-corrected chi connectivity index (χ2v) is 5.52. The van der Waals surface area contributed by atoms with Gasteiger partial charge in [0, 0.05) is 6.54 Å². The average Bonchev–Trinajstić information content (AvgIpc) is 2.87. The van der Waals surface area contributed by atoms with Gasteiger partial charge in [0.1, 0.15) is 5.75 Å². The zero-order valence-corrected chi connectivity index (χ0v) is 11.1. The van der Waals surface area contributed by atoms with Gasteiger partial charge in [0.15, 0.2) is 0 Å².